The number of nitrogens with zero attached hydrogens (tertiary/aromatic N) is 1. The highest BCUT2D eigenvalue weighted by Crippen LogP contribution is 2.33. The molecule has 0 radical (unpaired) electrons. The summed E-state index contributed by atoms with van der Waals surface area (Å²) in [4.78, 5) is 14.5. The maximum atomic E-state index is 12.2. The van der Waals surface area contributed by atoms with E-state index in [0.717, 1.165) is 13.1 Å². The predicted octanol–water partition coefficient (Wildman–Crippen LogP) is 1.37. The first kappa shape index (κ1) is 15.4. The third-order valence-electron chi connectivity index (χ3n) is 4.25. The molecule has 0 saturated heterocycles. The lowest BCUT2D eigenvalue weighted by Crippen LogP contribution is -2.57. The van der Waals surface area contributed by atoms with E-state index >= 15 is 0 Å². The third-order valence-corrected chi connectivity index (χ3v) is 4.25. The van der Waals surface area contributed by atoms with Gasteiger partial charge in [0.05, 0.1) is 5.54 Å². The first-order chi connectivity index (χ1) is 8.34. The van der Waals surface area contributed by atoms with Crippen molar-refractivity contribution in [1.82, 2.24) is 15.5 Å². The monoisotopic (exact) mass is 255 g/mol. The van der Waals surface area contributed by atoms with Crippen LogP contribution < -0.4 is 10.6 Å². The second kappa shape index (κ2) is 6.02. The van der Waals surface area contributed by atoms with Crippen LogP contribution in [0.3, 0.4) is 0 Å². The van der Waals surface area contributed by atoms with E-state index in [2.05, 4.69) is 29.6 Å². The number of nitrogens with one attached hydrogen (secondary N) is 2. The lowest BCUT2D eigenvalue weighted by atomic mass is 9.95. The lowest BCUT2D eigenvalue weighted by molar-refractivity contribution is -0.127. The Balaban J connectivity index is 2.55. The second-order valence-corrected chi connectivity index (χ2v) is 6.16. The van der Waals surface area contributed by atoms with Gasteiger partial charge in [0.15, 0.2) is 0 Å². The number of rotatable bonds is 6. The Hall–Kier alpha value is -0.610. The summed E-state index contributed by atoms with van der Waals surface area (Å²) in [5, 5.41) is 6.34. The van der Waals surface area contributed by atoms with Crippen molar-refractivity contribution in [3.05, 3.63) is 0 Å². The van der Waals surface area contributed by atoms with E-state index in [1.54, 1.807) is 0 Å². The molecule has 0 aliphatic heterocycles. The highest BCUT2D eigenvalue weighted by Gasteiger charge is 2.37. The van der Waals surface area contributed by atoms with Crippen LogP contribution in [0.25, 0.3) is 0 Å². The van der Waals surface area contributed by atoms with Crippen molar-refractivity contribution < 1.29 is 4.79 Å². The van der Waals surface area contributed by atoms with Crippen LogP contribution in [-0.4, -0.2) is 49.1 Å². The van der Waals surface area contributed by atoms with E-state index in [-0.39, 0.29) is 11.4 Å². The van der Waals surface area contributed by atoms with E-state index in [9.17, 15) is 4.79 Å². The fourth-order valence-corrected chi connectivity index (χ4v) is 2.80. The summed E-state index contributed by atoms with van der Waals surface area (Å²) < 4.78 is 0. The standard InChI is InChI=1S/C14H29N3O/c1-6-16-13(2,3)12(18)15-11-14(17(4)5)9-7-8-10-14/h16H,6-11H2,1-5H3,(H,15,18). The number of hydrogen-bond acceptors (Lipinski definition) is 3. The Labute approximate surface area is 111 Å². The molecule has 1 fully saturated rings. The molecular weight excluding hydrogens is 226 g/mol. The van der Waals surface area contributed by atoms with Crippen molar-refractivity contribution in [3.63, 3.8) is 0 Å². The molecule has 0 unspecified atom stereocenters. The van der Waals surface area contributed by atoms with Gasteiger partial charge in [0.2, 0.25) is 5.91 Å². The third kappa shape index (κ3) is 3.45. The first-order valence-electron chi connectivity index (χ1n) is 7.05. The average molecular weight is 255 g/mol. The topological polar surface area (TPSA) is 44.4 Å². The molecule has 4 nitrogen and oxygen atoms in total. The Bertz CT molecular complexity index is 281. The minimum atomic E-state index is -0.485. The second-order valence-electron chi connectivity index (χ2n) is 6.16. The zero-order chi connectivity index (χ0) is 13.8. The number of carbonyl (C=O) groups is 1. The van der Waals surface area contributed by atoms with E-state index < -0.39 is 5.54 Å². The Kier molecular flexibility index (Phi) is 5.17. The smallest absolute Gasteiger partial charge is 0.239 e. The van der Waals surface area contributed by atoms with Gasteiger partial charge in [0.1, 0.15) is 0 Å². The highest BCUT2D eigenvalue weighted by atomic mass is 16.2. The van der Waals surface area contributed by atoms with Crippen molar-refractivity contribution in [3.8, 4) is 0 Å². The summed E-state index contributed by atoms with van der Waals surface area (Å²) in [5.41, 5.74) is -0.321. The van der Waals surface area contributed by atoms with Gasteiger partial charge in [-0.25, -0.2) is 0 Å². The molecule has 0 aromatic rings. The van der Waals surface area contributed by atoms with Crippen molar-refractivity contribution in [2.24, 2.45) is 0 Å². The van der Waals surface area contributed by atoms with Crippen LogP contribution >= 0.6 is 0 Å². The van der Waals surface area contributed by atoms with Crippen molar-refractivity contribution in [1.29, 1.82) is 0 Å². The average Bonchev–Trinajstić information content (AvgIpc) is 2.75. The molecule has 1 aliphatic rings. The van der Waals surface area contributed by atoms with E-state index in [0.29, 0.717) is 0 Å². The molecule has 1 amide bonds. The van der Waals surface area contributed by atoms with Gasteiger partial charge in [-0.05, 0) is 47.3 Å². The largest absolute Gasteiger partial charge is 0.353 e. The van der Waals surface area contributed by atoms with Gasteiger partial charge in [-0.2, -0.15) is 0 Å². The zero-order valence-corrected chi connectivity index (χ0v) is 12.6. The van der Waals surface area contributed by atoms with Gasteiger partial charge in [0.25, 0.3) is 0 Å². The van der Waals surface area contributed by atoms with Gasteiger partial charge in [-0.3, -0.25) is 4.79 Å². The van der Waals surface area contributed by atoms with Gasteiger partial charge in [0, 0.05) is 12.1 Å². The zero-order valence-electron chi connectivity index (χ0n) is 12.6. The molecule has 0 heterocycles. The van der Waals surface area contributed by atoms with Crippen LogP contribution in [0.4, 0.5) is 0 Å². The summed E-state index contributed by atoms with van der Waals surface area (Å²) in [6.07, 6.45) is 4.90. The van der Waals surface area contributed by atoms with Gasteiger partial charge in [-0.1, -0.05) is 19.8 Å². The van der Waals surface area contributed by atoms with Gasteiger partial charge < -0.3 is 15.5 Å². The molecule has 0 atom stereocenters. The Morgan fingerprint density at radius 3 is 2.28 bits per heavy atom. The van der Waals surface area contributed by atoms with Crippen LogP contribution in [0.5, 0.6) is 0 Å². The lowest BCUT2D eigenvalue weighted by Gasteiger charge is -2.37. The quantitative estimate of drug-likeness (QED) is 0.753. The molecule has 0 spiro atoms. The molecule has 0 bridgehead atoms. The van der Waals surface area contributed by atoms with Gasteiger partial charge >= 0.3 is 0 Å². The number of likely N-dealkylation sites (N-methyl/N-ethyl adjacent to an activating group) is 2. The molecule has 106 valence electrons. The fraction of sp³-hybridized carbons (Fsp3) is 0.929. The van der Waals surface area contributed by atoms with Crippen LogP contribution in [0.15, 0.2) is 0 Å². The van der Waals surface area contributed by atoms with Crippen molar-refractivity contribution in [2.45, 2.75) is 57.5 Å². The number of amides is 1. The molecule has 0 aromatic heterocycles. The SMILES string of the molecule is CCNC(C)(C)C(=O)NCC1(N(C)C)CCCC1. The summed E-state index contributed by atoms with van der Waals surface area (Å²) in [7, 11) is 4.24. The first-order valence-corrected chi connectivity index (χ1v) is 7.05. The van der Waals surface area contributed by atoms with Crippen LogP contribution in [-0.2, 0) is 4.79 Å². The summed E-state index contributed by atoms with van der Waals surface area (Å²) >= 11 is 0. The maximum Gasteiger partial charge on any atom is 0.239 e. The van der Waals surface area contributed by atoms with E-state index in [1.165, 1.54) is 25.7 Å². The summed E-state index contributed by atoms with van der Waals surface area (Å²) in [6.45, 7) is 7.45. The van der Waals surface area contributed by atoms with Crippen LogP contribution in [0.1, 0.15) is 46.5 Å². The highest BCUT2D eigenvalue weighted by molar-refractivity contribution is 5.85. The minimum Gasteiger partial charge on any atom is -0.353 e. The summed E-state index contributed by atoms with van der Waals surface area (Å²) in [6, 6.07) is 0. The Morgan fingerprint density at radius 2 is 1.83 bits per heavy atom. The minimum absolute atomic E-state index is 0.0949. The van der Waals surface area contributed by atoms with E-state index in [1.807, 2.05) is 20.8 Å². The normalized spacial score (nSPS) is 19.2. The van der Waals surface area contributed by atoms with Crippen molar-refractivity contribution >= 4 is 5.91 Å². The molecule has 2 N–H and O–H groups in total. The van der Waals surface area contributed by atoms with Crippen LogP contribution in [0, 0.1) is 0 Å². The fourth-order valence-electron chi connectivity index (χ4n) is 2.80. The molecule has 18 heavy (non-hydrogen) atoms. The predicted molar refractivity (Wildman–Crippen MR) is 75.7 cm³/mol. The number of hydrogen-bond donors (Lipinski definition) is 2. The molecule has 1 saturated carbocycles. The molecule has 1 rings (SSSR count). The van der Waals surface area contributed by atoms with Gasteiger partial charge in [-0.15, -0.1) is 0 Å². The summed E-state index contributed by atoms with van der Waals surface area (Å²) in [5.74, 6) is 0.0949. The molecule has 0 aromatic carbocycles. The number of carbonyl (C=O) groups excluding carboxylic acids is 1. The van der Waals surface area contributed by atoms with Crippen LogP contribution in [0.2, 0.25) is 0 Å². The molecule has 1 aliphatic carbocycles. The molecular formula is C14H29N3O. The van der Waals surface area contributed by atoms with Crippen molar-refractivity contribution in [2.75, 3.05) is 27.2 Å². The molecule has 4 heteroatoms. The maximum absolute atomic E-state index is 12.2. The Morgan fingerprint density at radius 1 is 1.28 bits per heavy atom. The van der Waals surface area contributed by atoms with E-state index in [4.69, 9.17) is 0 Å².